The van der Waals surface area contributed by atoms with Crippen LogP contribution in [0.2, 0.25) is 0 Å². The molecule has 2 heterocycles. The third kappa shape index (κ3) is 6.84. The fourth-order valence-electron chi connectivity index (χ4n) is 1.02. The molecular weight excluding hydrogens is 155 g/mol. The van der Waals surface area contributed by atoms with Crippen molar-refractivity contribution in [1.29, 1.82) is 0 Å². The van der Waals surface area contributed by atoms with Crippen molar-refractivity contribution in [3.8, 4) is 0 Å². The molecule has 0 aromatic rings. The fourth-order valence-corrected chi connectivity index (χ4v) is 1.02. The summed E-state index contributed by atoms with van der Waals surface area (Å²) in [4.78, 5) is 0. The van der Waals surface area contributed by atoms with Crippen LogP contribution in [0.3, 0.4) is 0 Å². The quantitative estimate of drug-likeness (QED) is 0.495. The zero-order chi connectivity index (χ0) is 7.07. The van der Waals surface area contributed by atoms with E-state index >= 15 is 0 Å². The zero-order valence-electron chi connectivity index (χ0n) is 6.47. The molecule has 3 heteroatoms. The second kappa shape index (κ2) is 8.55. The highest BCUT2D eigenvalue weighted by atomic mass is 27.0. The van der Waals surface area contributed by atoms with Crippen molar-refractivity contribution in [1.82, 2.24) is 0 Å². The van der Waals surface area contributed by atoms with Crippen molar-refractivity contribution < 1.29 is 9.47 Å². The van der Waals surface area contributed by atoms with Crippen molar-refractivity contribution >= 4 is 17.4 Å². The van der Waals surface area contributed by atoms with Crippen LogP contribution < -0.4 is 0 Å². The Kier molecular flexibility index (Phi) is 8.90. The number of hydrogen-bond donors (Lipinski definition) is 0. The molecule has 66 valence electrons. The number of ether oxygens (including phenoxy) is 2. The van der Waals surface area contributed by atoms with Gasteiger partial charge in [0.15, 0.2) is 17.4 Å². The first-order valence-electron chi connectivity index (χ1n) is 4.15. The molecule has 0 amide bonds. The molecule has 11 heavy (non-hydrogen) atoms. The molecule has 2 aliphatic rings. The van der Waals surface area contributed by atoms with Gasteiger partial charge in [-0.2, -0.15) is 0 Å². The monoisotopic (exact) mass is 174 g/mol. The summed E-state index contributed by atoms with van der Waals surface area (Å²) in [6.45, 7) is 4.00. The molecule has 0 spiro atoms. The van der Waals surface area contributed by atoms with E-state index in [-0.39, 0.29) is 17.4 Å². The second-order valence-electron chi connectivity index (χ2n) is 2.64. The summed E-state index contributed by atoms with van der Waals surface area (Å²) in [5.41, 5.74) is 0. The molecular formula is C8H19AlO2. The molecule has 2 rings (SSSR count). The predicted octanol–water partition coefficient (Wildman–Crippen LogP) is 0.410. The Hall–Kier alpha value is 0.452. The van der Waals surface area contributed by atoms with E-state index in [2.05, 4.69) is 0 Å². The van der Waals surface area contributed by atoms with Crippen LogP contribution in [-0.2, 0) is 9.47 Å². The zero-order valence-corrected chi connectivity index (χ0v) is 6.47. The van der Waals surface area contributed by atoms with E-state index in [1.54, 1.807) is 0 Å². The summed E-state index contributed by atoms with van der Waals surface area (Å²) in [6, 6.07) is 0. The van der Waals surface area contributed by atoms with Gasteiger partial charge in [0.2, 0.25) is 0 Å². The Balaban J connectivity index is 0.000000167. The minimum atomic E-state index is 0. The fraction of sp³-hybridized carbons (Fsp3) is 1.00. The minimum Gasteiger partial charge on any atom is -0.381 e. The van der Waals surface area contributed by atoms with Crippen molar-refractivity contribution in [2.24, 2.45) is 0 Å². The van der Waals surface area contributed by atoms with Gasteiger partial charge < -0.3 is 9.47 Å². The normalized spacial score (nSPS) is 21.8. The highest BCUT2D eigenvalue weighted by Crippen LogP contribution is 1.98. The van der Waals surface area contributed by atoms with Crippen LogP contribution in [0.15, 0.2) is 0 Å². The molecule has 0 N–H and O–H groups in total. The highest BCUT2D eigenvalue weighted by molar-refractivity contribution is 5.75. The smallest absolute Gasteiger partial charge is 0.187 e. The molecule has 0 saturated carbocycles. The maximum absolute atomic E-state index is 4.94. The van der Waals surface area contributed by atoms with Gasteiger partial charge in [-0.15, -0.1) is 0 Å². The summed E-state index contributed by atoms with van der Waals surface area (Å²) in [7, 11) is 0. The van der Waals surface area contributed by atoms with Gasteiger partial charge in [0.05, 0.1) is 0 Å². The van der Waals surface area contributed by atoms with Crippen molar-refractivity contribution in [2.75, 3.05) is 26.4 Å². The molecule has 0 bridgehead atoms. The van der Waals surface area contributed by atoms with Gasteiger partial charge in [-0.25, -0.2) is 0 Å². The Morgan fingerprint density at radius 1 is 0.545 bits per heavy atom. The van der Waals surface area contributed by atoms with Gasteiger partial charge in [-0.3, -0.25) is 0 Å². The van der Waals surface area contributed by atoms with Crippen molar-refractivity contribution in [2.45, 2.75) is 25.7 Å². The van der Waals surface area contributed by atoms with Gasteiger partial charge in [-0.1, -0.05) is 0 Å². The summed E-state index contributed by atoms with van der Waals surface area (Å²) in [5.74, 6) is 0. The molecule has 0 unspecified atom stereocenters. The van der Waals surface area contributed by atoms with Crippen molar-refractivity contribution in [3.05, 3.63) is 0 Å². The Morgan fingerprint density at radius 2 is 0.818 bits per heavy atom. The lowest BCUT2D eigenvalue weighted by atomic mass is 10.4. The third-order valence-corrected chi connectivity index (χ3v) is 1.65. The van der Waals surface area contributed by atoms with E-state index in [9.17, 15) is 0 Å². The Labute approximate surface area is 79.4 Å². The van der Waals surface area contributed by atoms with Gasteiger partial charge in [0.25, 0.3) is 0 Å². The summed E-state index contributed by atoms with van der Waals surface area (Å²) < 4.78 is 9.89. The minimum absolute atomic E-state index is 0. The maximum atomic E-state index is 4.94. The topological polar surface area (TPSA) is 18.5 Å². The molecule has 2 saturated heterocycles. The van der Waals surface area contributed by atoms with Gasteiger partial charge in [0, 0.05) is 26.4 Å². The second-order valence-corrected chi connectivity index (χ2v) is 2.64. The first kappa shape index (κ1) is 11.5. The molecule has 0 aliphatic carbocycles. The van der Waals surface area contributed by atoms with Crippen LogP contribution in [0.5, 0.6) is 0 Å². The van der Waals surface area contributed by atoms with Gasteiger partial charge >= 0.3 is 0 Å². The standard InChI is InChI=1S/2C4H8O.Al.3H/c2*1-2-4-5-3-1;;;;/h2*1-4H2;;;;. The molecule has 2 fully saturated rings. The van der Waals surface area contributed by atoms with E-state index in [1.807, 2.05) is 0 Å². The van der Waals surface area contributed by atoms with Crippen molar-refractivity contribution in [3.63, 3.8) is 0 Å². The summed E-state index contributed by atoms with van der Waals surface area (Å²) >= 11 is 0. The van der Waals surface area contributed by atoms with E-state index < -0.39 is 0 Å². The van der Waals surface area contributed by atoms with E-state index in [0.717, 1.165) is 26.4 Å². The van der Waals surface area contributed by atoms with Crippen LogP contribution in [-0.4, -0.2) is 43.8 Å². The molecule has 2 aliphatic heterocycles. The molecule has 0 atom stereocenters. The van der Waals surface area contributed by atoms with Crippen LogP contribution in [0.1, 0.15) is 25.7 Å². The number of rotatable bonds is 0. The van der Waals surface area contributed by atoms with Gasteiger partial charge in [0.1, 0.15) is 0 Å². The lowest BCUT2D eigenvalue weighted by Gasteiger charge is -1.76. The van der Waals surface area contributed by atoms with Crippen LogP contribution >= 0.6 is 0 Å². The molecule has 0 aromatic carbocycles. The van der Waals surface area contributed by atoms with Crippen LogP contribution in [0.25, 0.3) is 0 Å². The summed E-state index contributed by atoms with van der Waals surface area (Å²) in [5, 5.41) is 0. The largest absolute Gasteiger partial charge is 0.381 e. The van der Waals surface area contributed by atoms with E-state index in [1.165, 1.54) is 25.7 Å². The van der Waals surface area contributed by atoms with Gasteiger partial charge in [-0.05, 0) is 25.7 Å². The first-order chi connectivity index (χ1) is 5.00. The predicted molar refractivity (Wildman–Crippen MR) is 50.0 cm³/mol. The number of hydrogen-bond acceptors (Lipinski definition) is 2. The first-order valence-corrected chi connectivity index (χ1v) is 4.15. The van der Waals surface area contributed by atoms with Crippen LogP contribution in [0, 0.1) is 0 Å². The van der Waals surface area contributed by atoms with Crippen LogP contribution in [0.4, 0.5) is 0 Å². The highest BCUT2D eigenvalue weighted by Gasteiger charge is 1.95. The SMILES string of the molecule is C1CCOC1.C1CCOC1.[AlH3]. The summed E-state index contributed by atoms with van der Waals surface area (Å²) in [6.07, 6.45) is 5.11. The Bertz CT molecular complexity index is 45.3. The average molecular weight is 174 g/mol. The molecule has 0 radical (unpaired) electrons. The lowest BCUT2D eigenvalue weighted by Crippen LogP contribution is -1.74. The molecule has 0 aromatic heterocycles. The van der Waals surface area contributed by atoms with E-state index in [4.69, 9.17) is 9.47 Å². The molecule has 2 nitrogen and oxygen atoms in total. The lowest BCUT2D eigenvalue weighted by molar-refractivity contribution is 0.198. The average Bonchev–Trinajstić information content (AvgIpc) is 2.67. The van der Waals surface area contributed by atoms with E-state index in [0.29, 0.717) is 0 Å². The Morgan fingerprint density at radius 3 is 0.909 bits per heavy atom. The third-order valence-electron chi connectivity index (χ3n) is 1.65. The maximum Gasteiger partial charge on any atom is 0.187 e.